The molecule has 2 aromatic carbocycles. The van der Waals surface area contributed by atoms with Crippen LogP contribution in [0.15, 0.2) is 59.5 Å². The number of rotatable bonds is 4. The van der Waals surface area contributed by atoms with E-state index in [0.717, 1.165) is 16.8 Å². The van der Waals surface area contributed by atoms with Crippen molar-refractivity contribution in [2.75, 3.05) is 0 Å². The summed E-state index contributed by atoms with van der Waals surface area (Å²) in [6.07, 6.45) is -2.90. The highest BCUT2D eigenvalue weighted by atomic mass is 19.4. The van der Waals surface area contributed by atoms with Gasteiger partial charge in [-0.15, -0.1) is 0 Å². The molecule has 3 rings (SSSR count). The molecule has 0 saturated heterocycles. The molecule has 0 bridgehead atoms. The molecule has 3 aromatic rings. The van der Waals surface area contributed by atoms with E-state index in [2.05, 4.69) is 10.4 Å². The summed E-state index contributed by atoms with van der Waals surface area (Å²) < 4.78 is 38.6. The number of alkyl halides is 3. The Morgan fingerprint density at radius 1 is 1.08 bits per heavy atom. The summed E-state index contributed by atoms with van der Waals surface area (Å²) >= 11 is 0. The Kier molecular flexibility index (Phi) is 4.75. The van der Waals surface area contributed by atoms with Gasteiger partial charge >= 0.3 is 6.18 Å². The molecule has 0 radical (unpaired) electrons. The van der Waals surface area contributed by atoms with Crippen molar-refractivity contribution in [1.29, 1.82) is 0 Å². The Balaban J connectivity index is 1.64. The van der Waals surface area contributed by atoms with Crippen LogP contribution >= 0.6 is 0 Å². The zero-order valence-electron chi connectivity index (χ0n) is 13.5. The molecule has 0 aliphatic heterocycles. The van der Waals surface area contributed by atoms with Gasteiger partial charge in [0.25, 0.3) is 5.56 Å². The van der Waals surface area contributed by atoms with Gasteiger partial charge in [-0.1, -0.05) is 30.3 Å². The van der Waals surface area contributed by atoms with E-state index in [1.807, 2.05) is 0 Å². The van der Waals surface area contributed by atoms with E-state index in [0.29, 0.717) is 16.3 Å². The van der Waals surface area contributed by atoms with Gasteiger partial charge in [0.15, 0.2) is 0 Å². The number of carbonyl (C=O) groups is 1. The Morgan fingerprint density at radius 2 is 1.77 bits per heavy atom. The molecule has 0 fully saturated rings. The zero-order valence-corrected chi connectivity index (χ0v) is 13.5. The number of hydrogen-bond acceptors (Lipinski definition) is 3. The van der Waals surface area contributed by atoms with E-state index in [4.69, 9.17) is 0 Å². The molecule has 0 saturated carbocycles. The standard InChI is InChI=1S/C18H14F3N3O2/c19-18(20,21)14-7-5-12(6-8-14)9-22-16(25)11-24-17(26)15-4-2-1-3-13(15)10-23-24/h1-8,10H,9,11H2,(H,22,25). The Morgan fingerprint density at radius 3 is 2.46 bits per heavy atom. The SMILES string of the molecule is O=C(Cn1ncc2ccccc2c1=O)NCc1ccc(C(F)(F)F)cc1. The number of fused-ring (bicyclic) bond motifs is 1. The minimum absolute atomic E-state index is 0.0549. The number of hydrogen-bond donors (Lipinski definition) is 1. The largest absolute Gasteiger partial charge is 0.416 e. The highest BCUT2D eigenvalue weighted by molar-refractivity contribution is 5.81. The fraction of sp³-hybridized carbons (Fsp3) is 0.167. The van der Waals surface area contributed by atoms with Crippen LogP contribution in [0.4, 0.5) is 13.2 Å². The predicted molar refractivity (Wildman–Crippen MR) is 89.3 cm³/mol. The van der Waals surface area contributed by atoms with Crippen molar-refractivity contribution >= 4 is 16.7 Å². The van der Waals surface area contributed by atoms with Crippen molar-refractivity contribution < 1.29 is 18.0 Å². The quantitative estimate of drug-likeness (QED) is 0.777. The molecule has 1 aromatic heterocycles. The highest BCUT2D eigenvalue weighted by Crippen LogP contribution is 2.29. The molecule has 5 nitrogen and oxygen atoms in total. The lowest BCUT2D eigenvalue weighted by Crippen LogP contribution is -2.33. The lowest BCUT2D eigenvalue weighted by molar-refractivity contribution is -0.137. The molecule has 1 heterocycles. The summed E-state index contributed by atoms with van der Waals surface area (Å²) in [7, 11) is 0. The highest BCUT2D eigenvalue weighted by Gasteiger charge is 2.29. The fourth-order valence-electron chi connectivity index (χ4n) is 2.44. The van der Waals surface area contributed by atoms with Crippen LogP contribution in [0.1, 0.15) is 11.1 Å². The first-order valence-corrected chi connectivity index (χ1v) is 7.72. The topological polar surface area (TPSA) is 64.0 Å². The molecule has 0 aliphatic carbocycles. The third-order valence-corrected chi connectivity index (χ3v) is 3.83. The average Bonchev–Trinajstić information content (AvgIpc) is 2.62. The van der Waals surface area contributed by atoms with Crippen LogP contribution in [-0.4, -0.2) is 15.7 Å². The summed E-state index contributed by atoms with van der Waals surface area (Å²) in [4.78, 5) is 24.3. The van der Waals surface area contributed by atoms with Crippen molar-refractivity contribution in [2.24, 2.45) is 0 Å². The number of nitrogens with one attached hydrogen (secondary N) is 1. The maximum atomic E-state index is 12.5. The number of benzene rings is 2. The van der Waals surface area contributed by atoms with Gasteiger partial charge in [0.05, 0.1) is 17.1 Å². The molecular weight excluding hydrogens is 347 g/mol. The van der Waals surface area contributed by atoms with E-state index in [1.165, 1.54) is 18.3 Å². The van der Waals surface area contributed by atoms with Gasteiger partial charge in [0, 0.05) is 11.9 Å². The molecule has 26 heavy (non-hydrogen) atoms. The first kappa shape index (κ1) is 17.7. The number of halogens is 3. The molecule has 0 unspecified atom stereocenters. The van der Waals surface area contributed by atoms with E-state index in [1.54, 1.807) is 24.3 Å². The molecule has 0 aliphatic rings. The summed E-state index contributed by atoms with van der Waals surface area (Å²) in [5, 5.41) is 7.66. The van der Waals surface area contributed by atoms with E-state index in [-0.39, 0.29) is 18.6 Å². The van der Waals surface area contributed by atoms with Crippen LogP contribution in [0.2, 0.25) is 0 Å². The number of aromatic nitrogens is 2. The fourth-order valence-corrected chi connectivity index (χ4v) is 2.44. The van der Waals surface area contributed by atoms with E-state index < -0.39 is 17.6 Å². The Bertz CT molecular complexity index is 995. The second kappa shape index (κ2) is 6.99. The third-order valence-electron chi connectivity index (χ3n) is 3.83. The summed E-state index contributed by atoms with van der Waals surface area (Å²) in [5.41, 5.74) is -0.613. The lowest BCUT2D eigenvalue weighted by Gasteiger charge is -2.09. The average molecular weight is 361 g/mol. The van der Waals surface area contributed by atoms with Crippen molar-refractivity contribution in [2.45, 2.75) is 19.3 Å². The Labute approximate surface area is 146 Å². The molecule has 8 heteroatoms. The second-order valence-corrected chi connectivity index (χ2v) is 5.67. The van der Waals surface area contributed by atoms with Crippen LogP contribution in [0.25, 0.3) is 10.8 Å². The smallest absolute Gasteiger partial charge is 0.350 e. The van der Waals surface area contributed by atoms with Crippen LogP contribution < -0.4 is 10.9 Å². The number of carbonyl (C=O) groups excluding carboxylic acids is 1. The predicted octanol–water partition coefficient (Wildman–Crippen LogP) is 2.73. The van der Waals surface area contributed by atoms with Gasteiger partial charge in [0.2, 0.25) is 5.91 Å². The normalized spacial score (nSPS) is 11.5. The van der Waals surface area contributed by atoms with Crippen LogP contribution in [0.3, 0.4) is 0 Å². The minimum atomic E-state index is -4.40. The maximum absolute atomic E-state index is 12.5. The van der Waals surface area contributed by atoms with Crippen LogP contribution in [-0.2, 0) is 24.1 Å². The summed E-state index contributed by atoms with van der Waals surface area (Å²) in [6, 6.07) is 11.4. The van der Waals surface area contributed by atoms with Gasteiger partial charge in [0.1, 0.15) is 6.54 Å². The third kappa shape index (κ3) is 3.90. The van der Waals surface area contributed by atoms with E-state index in [9.17, 15) is 22.8 Å². The molecule has 134 valence electrons. The van der Waals surface area contributed by atoms with Gasteiger partial charge in [-0.3, -0.25) is 9.59 Å². The molecule has 0 spiro atoms. The van der Waals surface area contributed by atoms with E-state index >= 15 is 0 Å². The monoisotopic (exact) mass is 361 g/mol. The van der Waals surface area contributed by atoms with Crippen molar-refractivity contribution in [3.63, 3.8) is 0 Å². The number of nitrogens with zero attached hydrogens (tertiary/aromatic N) is 2. The van der Waals surface area contributed by atoms with Crippen molar-refractivity contribution in [3.8, 4) is 0 Å². The van der Waals surface area contributed by atoms with Gasteiger partial charge < -0.3 is 5.32 Å². The Hall–Kier alpha value is -3.16. The zero-order chi connectivity index (χ0) is 18.7. The number of amides is 1. The molecule has 1 amide bonds. The minimum Gasteiger partial charge on any atom is -0.350 e. The molecule has 0 atom stereocenters. The van der Waals surface area contributed by atoms with Crippen LogP contribution in [0.5, 0.6) is 0 Å². The first-order valence-electron chi connectivity index (χ1n) is 7.72. The molecular formula is C18H14F3N3O2. The van der Waals surface area contributed by atoms with Gasteiger partial charge in [-0.05, 0) is 23.8 Å². The van der Waals surface area contributed by atoms with Crippen molar-refractivity contribution in [3.05, 3.63) is 76.2 Å². The second-order valence-electron chi connectivity index (χ2n) is 5.67. The van der Waals surface area contributed by atoms with Crippen LogP contribution in [0, 0.1) is 0 Å². The first-order chi connectivity index (χ1) is 12.3. The maximum Gasteiger partial charge on any atom is 0.416 e. The van der Waals surface area contributed by atoms with Gasteiger partial charge in [-0.2, -0.15) is 18.3 Å². The summed E-state index contributed by atoms with van der Waals surface area (Å²) in [6.45, 7) is -0.219. The van der Waals surface area contributed by atoms with Gasteiger partial charge in [-0.25, -0.2) is 4.68 Å². The summed E-state index contributed by atoms with van der Waals surface area (Å²) in [5.74, 6) is -0.463. The lowest BCUT2D eigenvalue weighted by atomic mass is 10.1. The molecule has 1 N–H and O–H groups in total. The van der Waals surface area contributed by atoms with Crippen molar-refractivity contribution in [1.82, 2.24) is 15.1 Å².